The van der Waals surface area contributed by atoms with Crippen molar-refractivity contribution in [1.82, 2.24) is 0 Å². The fourth-order valence-electron chi connectivity index (χ4n) is 8.09. The lowest BCUT2D eigenvalue weighted by atomic mass is 9.93. The summed E-state index contributed by atoms with van der Waals surface area (Å²) in [5, 5.41) is 3.22. The van der Waals surface area contributed by atoms with E-state index in [1.807, 2.05) is 0 Å². The number of benzene rings is 2. The van der Waals surface area contributed by atoms with Crippen LogP contribution in [-0.2, 0) is 0 Å². The first kappa shape index (κ1) is 28.4. The first-order valence-corrected chi connectivity index (χ1v) is 19.2. The molecule has 6 rings (SSSR count). The molecule has 2 aromatic carbocycles. The van der Waals surface area contributed by atoms with Crippen LogP contribution >= 0.6 is 24.4 Å². The highest BCUT2D eigenvalue weighted by Gasteiger charge is 2.50. The van der Waals surface area contributed by atoms with E-state index >= 15 is 0 Å². The minimum absolute atomic E-state index is 0.267. The molecule has 0 saturated carbocycles. The summed E-state index contributed by atoms with van der Waals surface area (Å²) in [6, 6.07) is 22.3. The van der Waals surface area contributed by atoms with Crippen LogP contribution in [0, 0.1) is 11.8 Å². The zero-order valence-corrected chi connectivity index (χ0v) is 27.9. The molecule has 4 aliphatic carbocycles. The Morgan fingerprint density at radius 2 is 0.902 bits per heavy atom. The summed E-state index contributed by atoms with van der Waals surface area (Å²) in [6.07, 6.45) is 8.99. The lowest BCUT2D eigenvalue weighted by Crippen LogP contribution is -2.35. The van der Waals surface area contributed by atoms with Crippen molar-refractivity contribution in [3.8, 4) is 0 Å². The summed E-state index contributed by atoms with van der Waals surface area (Å²) in [6.45, 7) is 14.4. The van der Waals surface area contributed by atoms with Crippen molar-refractivity contribution in [1.29, 1.82) is 0 Å². The summed E-state index contributed by atoms with van der Waals surface area (Å²) >= 11 is 12.4. The molecule has 0 N–H and O–H groups in total. The van der Waals surface area contributed by atoms with Crippen molar-refractivity contribution in [2.45, 2.75) is 66.5 Å². The molecule has 0 aliphatic heterocycles. The minimum atomic E-state index is -2.29. The van der Waals surface area contributed by atoms with E-state index in [1.54, 1.807) is 10.4 Å². The molecular weight excluding hydrogens is 549 g/mol. The van der Waals surface area contributed by atoms with Crippen molar-refractivity contribution < 1.29 is 0 Å². The third-order valence-electron chi connectivity index (χ3n) is 9.73. The fourth-order valence-corrected chi connectivity index (χ4v) is 13.3. The first-order valence-electron chi connectivity index (χ1n) is 15.4. The second kappa shape index (κ2) is 10.8. The quantitative estimate of drug-likeness (QED) is 0.222. The Kier molecular flexibility index (Phi) is 7.51. The van der Waals surface area contributed by atoms with E-state index in [-0.39, 0.29) is 11.8 Å². The van der Waals surface area contributed by atoms with E-state index in [2.05, 4.69) is 114 Å². The summed E-state index contributed by atoms with van der Waals surface area (Å²) in [7, 11) is -2.29. The molecule has 0 bridgehead atoms. The average molecular weight is 589 g/mol. The van der Waals surface area contributed by atoms with Crippen LogP contribution in [0.5, 0.6) is 0 Å². The molecule has 4 aliphatic rings. The maximum atomic E-state index is 6.20. The molecule has 2 unspecified atom stereocenters. The van der Waals surface area contributed by atoms with E-state index in [1.165, 1.54) is 55.7 Å². The van der Waals surface area contributed by atoms with Crippen LogP contribution in [0.15, 0.2) is 117 Å². The van der Waals surface area contributed by atoms with Crippen LogP contribution in [-0.4, -0.2) is 17.8 Å². The summed E-state index contributed by atoms with van der Waals surface area (Å²) in [5.41, 5.74) is 14.3. The Bertz CT molecular complexity index is 1530. The first-order chi connectivity index (χ1) is 19.8. The Morgan fingerprint density at radius 3 is 1.22 bits per heavy atom. The predicted molar refractivity (Wildman–Crippen MR) is 188 cm³/mol. The number of hydrogen-bond donors (Lipinski definition) is 0. The SMILES string of the molecule is CCC1=CC2C(=C(CC)C([Si](C)(C)C3=C(c4ccccc4)C4C=C(CC)C(=S)C4=C3CC)=C2c2ccccc2)C1=S. The van der Waals surface area contributed by atoms with Gasteiger partial charge in [-0.15, -0.1) is 0 Å². The maximum Gasteiger partial charge on any atom is 0.113 e. The molecule has 0 nitrogen and oxygen atoms in total. The van der Waals surface area contributed by atoms with Crippen LogP contribution < -0.4 is 0 Å². The standard InChI is InChI=1S/C38H40S2Si/c1-7-23-21-29-31(25-17-13-11-14-18-25)37(27(9-3)33(29)35(23)39)41(5,6)38-28(10-4)34-30(22-24(8-2)36(34)40)32(38)26-19-15-12-16-20-26/h11-22,29-30H,7-10H2,1-6H3. The lowest BCUT2D eigenvalue weighted by molar-refractivity contribution is 1.05. The number of fused-ring (bicyclic) bond motifs is 2. The monoisotopic (exact) mass is 588 g/mol. The van der Waals surface area contributed by atoms with Crippen LogP contribution in [0.25, 0.3) is 11.1 Å². The smallest absolute Gasteiger partial charge is 0.0795 e. The Labute approximate surface area is 258 Å². The van der Waals surface area contributed by atoms with E-state index in [0.717, 1.165) is 35.4 Å². The number of hydrogen-bond acceptors (Lipinski definition) is 2. The van der Waals surface area contributed by atoms with Crippen LogP contribution in [0.1, 0.15) is 64.5 Å². The maximum absolute atomic E-state index is 6.20. The van der Waals surface area contributed by atoms with Gasteiger partial charge in [-0.05, 0) is 91.8 Å². The van der Waals surface area contributed by atoms with Crippen LogP contribution in [0.3, 0.4) is 0 Å². The van der Waals surface area contributed by atoms with Crippen molar-refractivity contribution in [3.05, 3.63) is 128 Å². The van der Waals surface area contributed by atoms with Gasteiger partial charge in [0.1, 0.15) is 8.07 Å². The van der Waals surface area contributed by atoms with Crippen molar-refractivity contribution >= 4 is 53.4 Å². The van der Waals surface area contributed by atoms with E-state index in [9.17, 15) is 0 Å². The Balaban J connectivity index is 1.69. The predicted octanol–water partition coefficient (Wildman–Crippen LogP) is 10.8. The van der Waals surface area contributed by atoms with Gasteiger partial charge in [0.25, 0.3) is 0 Å². The zero-order valence-electron chi connectivity index (χ0n) is 25.2. The lowest BCUT2D eigenvalue weighted by Gasteiger charge is -2.34. The molecule has 0 amide bonds. The molecule has 0 aromatic heterocycles. The molecular formula is C38H40S2Si. The molecule has 41 heavy (non-hydrogen) atoms. The van der Waals surface area contributed by atoms with Gasteiger partial charge in [-0.3, -0.25) is 0 Å². The van der Waals surface area contributed by atoms with E-state index < -0.39 is 8.07 Å². The molecule has 0 spiro atoms. The van der Waals surface area contributed by atoms with Gasteiger partial charge in [0.2, 0.25) is 0 Å². The molecule has 208 valence electrons. The van der Waals surface area contributed by atoms with E-state index in [0.29, 0.717) is 0 Å². The van der Waals surface area contributed by atoms with Gasteiger partial charge < -0.3 is 0 Å². The topological polar surface area (TPSA) is 0 Å². The molecule has 2 aromatic rings. The van der Waals surface area contributed by atoms with Gasteiger partial charge in [-0.2, -0.15) is 0 Å². The van der Waals surface area contributed by atoms with Crippen molar-refractivity contribution in [3.63, 3.8) is 0 Å². The van der Waals surface area contributed by atoms with Crippen LogP contribution in [0.2, 0.25) is 13.1 Å². The molecule has 2 atom stereocenters. The normalized spacial score (nSPS) is 22.3. The average Bonchev–Trinajstić information content (AvgIpc) is 3.70. The molecule has 3 heteroatoms. The third-order valence-corrected chi connectivity index (χ3v) is 14.3. The molecule has 0 saturated heterocycles. The number of allylic oxidation sites excluding steroid dienone is 12. The molecule has 0 fully saturated rings. The number of thiocarbonyl (C=S) groups is 2. The Morgan fingerprint density at radius 1 is 0.537 bits per heavy atom. The van der Waals surface area contributed by atoms with Gasteiger partial charge >= 0.3 is 0 Å². The largest absolute Gasteiger partial charge is 0.113 e. The van der Waals surface area contributed by atoms with E-state index in [4.69, 9.17) is 24.4 Å². The second-order valence-corrected chi connectivity index (χ2v) is 17.2. The second-order valence-electron chi connectivity index (χ2n) is 12.1. The highest BCUT2D eigenvalue weighted by Crippen LogP contribution is 2.58. The van der Waals surface area contributed by atoms with Crippen LogP contribution in [0.4, 0.5) is 0 Å². The molecule has 0 heterocycles. The minimum Gasteiger partial charge on any atom is -0.0795 e. The van der Waals surface area contributed by atoms with Gasteiger partial charge in [-0.1, -0.05) is 138 Å². The highest BCUT2D eigenvalue weighted by atomic mass is 32.1. The summed E-state index contributed by atoms with van der Waals surface area (Å²) in [4.78, 5) is 2.21. The molecule has 0 radical (unpaired) electrons. The van der Waals surface area contributed by atoms with Gasteiger partial charge in [0.05, 0.1) is 0 Å². The van der Waals surface area contributed by atoms with Crippen molar-refractivity contribution in [2.24, 2.45) is 11.8 Å². The van der Waals surface area contributed by atoms with Gasteiger partial charge in [-0.25, -0.2) is 0 Å². The fraction of sp³-hybridized carbons (Fsp3) is 0.316. The van der Waals surface area contributed by atoms with Gasteiger partial charge in [0, 0.05) is 21.6 Å². The zero-order chi connectivity index (χ0) is 29.1. The Hall–Kier alpha value is -2.72. The highest BCUT2D eigenvalue weighted by molar-refractivity contribution is 7.81. The third kappa shape index (κ3) is 4.19. The summed E-state index contributed by atoms with van der Waals surface area (Å²) < 4.78 is 0. The number of rotatable bonds is 8. The van der Waals surface area contributed by atoms with Crippen molar-refractivity contribution in [2.75, 3.05) is 0 Å². The van der Waals surface area contributed by atoms with Gasteiger partial charge in [0.15, 0.2) is 0 Å². The summed E-state index contributed by atoms with van der Waals surface area (Å²) in [5.74, 6) is 0.535.